The molecule has 28 heavy (non-hydrogen) atoms. The molecule has 5 nitrogen and oxygen atoms in total. The summed E-state index contributed by atoms with van der Waals surface area (Å²) in [6.07, 6.45) is 0. The summed E-state index contributed by atoms with van der Waals surface area (Å²) in [5.41, 5.74) is 3.13. The average Bonchev–Trinajstić information content (AvgIpc) is 3.24. The maximum absolute atomic E-state index is 13.3. The number of esters is 1. The van der Waals surface area contributed by atoms with Gasteiger partial charge in [-0.2, -0.15) is 0 Å². The first-order chi connectivity index (χ1) is 13.6. The molecule has 0 fully saturated rings. The molecule has 1 aromatic heterocycles. The largest absolute Gasteiger partial charge is 0.462 e. The molecule has 3 aromatic rings. The monoisotopic (exact) mass is 394 g/mol. The Morgan fingerprint density at radius 1 is 1.14 bits per heavy atom. The zero-order chi connectivity index (χ0) is 19.7. The number of thiophene rings is 1. The van der Waals surface area contributed by atoms with Crippen molar-refractivity contribution in [1.29, 1.82) is 0 Å². The van der Waals surface area contributed by atoms with Gasteiger partial charge in [-0.15, -0.1) is 11.3 Å². The number of carbonyl (C=O) groups is 2. The number of hydrogen-bond acceptors (Lipinski definition) is 5. The maximum atomic E-state index is 13.3. The Bertz CT molecular complexity index is 1100. The van der Waals surface area contributed by atoms with Crippen molar-refractivity contribution in [1.82, 2.24) is 0 Å². The fourth-order valence-electron chi connectivity index (χ4n) is 2.99. The van der Waals surface area contributed by atoms with Crippen LogP contribution in [0.3, 0.4) is 0 Å². The van der Waals surface area contributed by atoms with Gasteiger partial charge in [0.1, 0.15) is 22.1 Å². The number of carbonyl (C=O) groups excluding carboxylic acids is 2. The lowest BCUT2D eigenvalue weighted by Crippen LogP contribution is -2.14. The number of anilines is 1. The van der Waals surface area contributed by atoms with Gasteiger partial charge >= 0.3 is 5.97 Å². The third-order valence-electron chi connectivity index (χ3n) is 4.27. The second-order valence-electron chi connectivity index (χ2n) is 6.02. The van der Waals surface area contributed by atoms with E-state index in [0.717, 1.165) is 0 Å². The molecule has 1 aliphatic rings. The molecule has 2 aromatic carbocycles. The van der Waals surface area contributed by atoms with Gasteiger partial charge in [-0.1, -0.05) is 30.3 Å². The van der Waals surface area contributed by atoms with Gasteiger partial charge in [0.15, 0.2) is 0 Å². The summed E-state index contributed by atoms with van der Waals surface area (Å²) in [6, 6.07) is 13.1. The van der Waals surface area contributed by atoms with Crippen molar-refractivity contribution in [3.63, 3.8) is 0 Å². The fourth-order valence-corrected chi connectivity index (χ4v) is 3.93. The van der Waals surface area contributed by atoms with Crippen LogP contribution < -0.4 is 5.32 Å². The Labute approximate surface area is 164 Å². The SMILES string of the molecule is CCOC(=O)c1c(-c2ccc(F)cc2)csc1N=C1C(=O)Nc2ccccc21. The summed E-state index contributed by atoms with van der Waals surface area (Å²) in [7, 11) is 0. The quantitative estimate of drug-likeness (QED) is 0.646. The lowest BCUT2D eigenvalue weighted by atomic mass is 10.0. The predicted molar refractivity (Wildman–Crippen MR) is 107 cm³/mol. The first kappa shape index (κ1) is 18.1. The molecule has 0 radical (unpaired) electrons. The average molecular weight is 394 g/mol. The molecule has 1 amide bonds. The number of rotatable bonds is 4. The number of nitrogens with zero attached hydrogens (tertiary/aromatic N) is 1. The normalized spacial score (nSPS) is 14.1. The van der Waals surface area contributed by atoms with Crippen molar-refractivity contribution in [2.45, 2.75) is 6.92 Å². The Morgan fingerprint density at radius 2 is 1.89 bits per heavy atom. The smallest absolute Gasteiger partial charge is 0.341 e. The van der Waals surface area contributed by atoms with Gasteiger partial charge in [-0.05, 0) is 30.7 Å². The molecule has 0 saturated heterocycles. The van der Waals surface area contributed by atoms with Gasteiger partial charge in [-0.3, -0.25) is 4.79 Å². The maximum Gasteiger partial charge on any atom is 0.341 e. The molecule has 0 atom stereocenters. The van der Waals surface area contributed by atoms with Crippen molar-refractivity contribution < 1.29 is 18.7 Å². The van der Waals surface area contributed by atoms with Gasteiger partial charge in [0.25, 0.3) is 5.91 Å². The molecular weight excluding hydrogens is 379 g/mol. The summed E-state index contributed by atoms with van der Waals surface area (Å²) >= 11 is 1.23. The minimum absolute atomic E-state index is 0.205. The van der Waals surface area contributed by atoms with Crippen molar-refractivity contribution in [2.24, 2.45) is 4.99 Å². The summed E-state index contributed by atoms with van der Waals surface area (Å²) in [4.78, 5) is 29.5. The van der Waals surface area contributed by atoms with E-state index in [1.165, 1.54) is 23.5 Å². The summed E-state index contributed by atoms with van der Waals surface area (Å²) in [5, 5.41) is 4.90. The highest BCUT2D eigenvalue weighted by atomic mass is 32.1. The van der Waals surface area contributed by atoms with E-state index in [1.54, 1.807) is 36.6 Å². The summed E-state index contributed by atoms with van der Waals surface area (Å²) in [5.74, 6) is -1.22. The third-order valence-corrected chi connectivity index (χ3v) is 5.14. The minimum atomic E-state index is -0.533. The second kappa shape index (κ2) is 7.36. The Balaban J connectivity index is 1.85. The highest BCUT2D eigenvalue weighted by Crippen LogP contribution is 2.39. The van der Waals surface area contributed by atoms with Gasteiger partial charge in [0, 0.05) is 16.5 Å². The van der Waals surface area contributed by atoms with Crippen LogP contribution in [0.2, 0.25) is 0 Å². The highest BCUT2D eigenvalue weighted by molar-refractivity contribution is 7.15. The van der Waals surface area contributed by atoms with Crippen LogP contribution in [0.25, 0.3) is 11.1 Å². The van der Waals surface area contributed by atoms with Crippen LogP contribution in [0.5, 0.6) is 0 Å². The van der Waals surface area contributed by atoms with Crippen LogP contribution in [0, 0.1) is 5.82 Å². The Kier molecular flexibility index (Phi) is 4.75. The Hall–Kier alpha value is -3.32. The molecule has 0 saturated carbocycles. The fraction of sp³-hybridized carbons (Fsp3) is 0.0952. The minimum Gasteiger partial charge on any atom is -0.462 e. The number of fused-ring (bicyclic) bond motifs is 1. The van der Waals surface area contributed by atoms with Crippen LogP contribution in [0.1, 0.15) is 22.8 Å². The van der Waals surface area contributed by atoms with Crippen LogP contribution in [-0.2, 0) is 9.53 Å². The summed E-state index contributed by atoms with van der Waals surface area (Å²) < 4.78 is 18.5. The van der Waals surface area contributed by atoms with Crippen molar-refractivity contribution in [3.05, 3.63) is 70.9 Å². The number of nitrogens with one attached hydrogen (secondary N) is 1. The number of para-hydroxylation sites is 1. The standard InChI is InChI=1S/C21H15FN2O3S/c1-2-27-21(26)17-15(12-7-9-13(22)10-8-12)11-28-20(17)24-18-14-5-3-4-6-16(14)23-19(18)25/h3-11H,2H2,1H3,(H,23,24,25). The topological polar surface area (TPSA) is 67.8 Å². The van der Waals surface area contributed by atoms with E-state index in [-0.39, 0.29) is 29.6 Å². The zero-order valence-corrected chi connectivity index (χ0v) is 15.7. The van der Waals surface area contributed by atoms with Crippen LogP contribution in [0.15, 0.2) is 58.9 Å². The molecule has 0 aliphatic carbocycles. The third kappa shape index (κ3) is 3.20. The second-order valence-corrected chi connectivity index (χ2v) is 6.88. The van der Waals surface area contributed by atoms with Gasteiger partial charge < -0.3 is 10.1 Å². The van der Waals surface area contributed by atoms with Crippen molar-refractivity contribution in [3.8, 4) is 11.1 Å². The molecule has 1 aliphatic heterocycles. The van der Waals surface area contributed by atoms with Crippen LogP contribution in [0.4, 0.5) is 15.1 Å². The number of hydrogen-bond donors (Lipinski definition) is 1. The number of amides is 1. The van der Waals surface area contributed by atoms with Crippen molar-refractivity contribution >= 4 is 39.6 Å². The number of aliphatic imine (C=N–C) groups is 1. The van der Waals surface area contributed by atoms with Crippen LogP contribution >= 0.6 is 11.3 Å². The summed E-state index contributed by atoms with van der Waals surface area (Å²) in [6.45, 7) is 1.92. The van der Waals surface area contributed by atoms with E-state index in [9.17, 15) is 14.0 Å². The molecule has 2 heterocycles. The van der Waals surface area contributed by atoms with E-state index in [2.05, 4.69) is 10.3 Å². The number of halogens is 1. The highest BCUT2D eigenvalue weighted by Gasteiger charge is 2.28. The number of ether oxygens (including phenoxy) is 1. The van der Waals surface area contributed by atoms with E-state index in [0.29, 0.717) is 27.4 Å². The molecule has 1 N–H and O–H groups in total. The van der Waals surface area contributed by atoms with E-state index < -0.39 is 5.97 Å². The first-order valence-electron chi connectivity index (χ1n) is 8.62. The zero-order valence-electron chi connectivity index (χ0n) is 14.9. The first-order valence-corrected chi connectivity index (χ1v) is 9.50. The molecule has 4 rings (SSSR count). The molecular formula is C21H15FN2O3S. The molecule has 0 bridgehead atoms. The number of benzene rings is 2. The lowest BCUT2D eigenvalue weighted by molar-refractivity contribution is -0.110. The van der Waals surface area contributed by atoms with E-state index in [1.807, 2.05) is 12.1 Å². The van der Waals surface area contributed by atoms with Crippen LogP contribution in [-0.4, -0.2) is 24.2 Å². The van der Waals surface area contributed by atoms with Crippen molar-refractivity contribution in [2.75, 3.05) is 11.9 Å². The molecule has 140 valence electrons. The van der Waals surface area contributed by atoms with Gasteiger partial charge in [-0.25, -0.2) is 14.2 Å². The van der Waals surface area contributed by atoms with E-state index >= 15 is 0 Å². The van der Waals surface area contributed by atoms with Gasteiger partial charge in [0.05, 0.1) is 12.3 Å². The van der Waals surface area contributed by atoms with Gasteiger partial charge in [0.2, 0.25) is 0 Å². The molecule has 0 spiro atoms. The predicted octanol–water partition coefficient (Wildman–Crippen LogP) is 4.80. The molecule has 0 unspecified atom stereocenters. The molecule has 7 heteroatoms. The lowest BCUT2D eigenvalue weighted by Gasteiger charge is -2.06. The Morgan fingerprint density at radius 3 is 2.64 bits per heavy atom. The van der Waals surface area contributed by atoms with E-state index in [4.69, 9.17) is 4.74 Å².